The number of hydrogen-bond acceptors (Lipinski definition) is 12. The summed E-state index contributed by atoms with van der Waals surface area (Å²) >= 11 is 0. The molecule has 3 fully saturated rings. The second kappa shape index (κ2) is 21.1. The van der Waals surface area contributed by atoms with Crippen molar-refractivity contribution in [2.24, 2.45) is 5.92 Å². The van der Waals surface area contributed by atoms with Gasteiger partial charge in [-0.15, -0.1) is 0 Å². The van der Waals surface area contributed by atoms with Crippen LogP contribution in [0, 0.1) is 17.8 Å². The Morgan fingerprint density at radius 2 is 1.45 bits per heavy atom. The summed E-state index contributed by atoms with van der Waals surface area (Å²) in [7, 11) is 0. The van der Waals surface area contributed by atoms with Gasteiger partial charge in [-0.25, -0.2) is 9.69 Å². The first-order valence-corrected chi connectivity index (χ1v) is 25.4. The van der Waals surface area contributed by atoms with Crippen molar-refractivity contribution < 1.29 is 48.3 Å². The first-order valence-electron chi connectivity index (χ1n) is 25.4. The predicted molar refractivity (Wildman–Crippen MR) is 277 cm³/mol. The Labute approximate surface area is 435 Å². The third-order valence-corrected chi connectivity index (χ3v) is 15.1. The molecule has 5 heterocycles. The van der Waals surface area contributed by atoms with E-state index in [0.717, 1.165) is 21.6 Å². The summed E-state index contributed by atoms with van der Waals surface area (Å²) in [6.45, 7) is 3.79. The van der Waals surface area contributed by atoms with Gasteiger partial charge in [0, 0.05) is 44.7 Å². The molecule has 4 amide bonds. The summed E-state index contributed by atoms with van der Waals surface area (Å²) in [6.07, 6.45) is -0.723. The average molecular weight is 1010 g/mol. The van der Waals surface area contributed by atoms with Crippen LogP contribution in [0.25, 0.3) is 0 Å². The number of carbonyl (C=O) groups excluding carboxylic acids is 4. The number of carbonyl (C=O) groups is 4. The van der Waals surface area contributed by atoms with Crippen LogP contribution in [0.5, 0.6) is 17.2 Å². The Morgan fingerprint density at radius 1 is 0.760 bits per heavy atom. The fourth-order valence-corrected chi connectivity index (χ4v) is 11.8. The molecule has 0 aromatic heterocycles. The van der Waals surface area contributed by atoms with Gasteiger partial charge in [0.1, 0.15) is 29.9 Å². The monoisotopic (exact) mass is 1010 g/mol. The van der Waals surface area contributed by atoms with Crippen molar-refractivity contribution >= 4 is 29.5 Å². The molecule has 75 heavy (non-hydrogen) atoms. The van der Waals surface area contributed by atoms with Gasteiger partial charge in [-0.1, -0.05) is 121 Å². The molecule has 15 heteroatoms. The number of benzene rings is 6. The second-order valence-corrected chi connectivity index (χ2v) is 19.4. The molecule has 6 aromatic carbocycles. The van der Waals surface area contributed by atoms with E-state index in [1.807, 2.05) is 133 Å². The van der Waals surface area contributed by atoms with Crippen LogP contribution < -0.4 is 24.4 Å². The lowest BCUT2D eigenvalue weighted by Gasteiger charge is -2.46. The van der Waals surface area contributed by atoms with Crippen LogP contribution in [0.15, 0.2) is 152 Å². The van der Waals surface area contributed by atoms with Gasteiger partial charge in [0.05, 0.1) is 42.9 Å². The number of piperazine rings is 1. The minimum Gasteiger partial charge on any atom is -0.491 e. The summed E-state index contributed by atoms with van der Waals surface area (Å²) < 4.78 is 23.8. The molecule has 5 aliphatic rings. The number of anilines is 1. The molecule has 0 radical (unpaired) electrons. The number of cyclic esters (lactones) is 1. The molecule has 3 N–H and O–H groups in total. The number of nitrogens with one attached hydrogen (secondary N) is 1. The molecule has 0 bridgehead atoms. The number of rotatable bonds is 12. The minimum absolute atomic E-state index is 0.0412. The molecule has 0 saturated carbocycles. The number of urea groups is 1. The van der Waals surface area contributed by atoms with E-state index in [4.69, 9.17) is 18.9 Å². The molecule has 0 unspecified atom stereocenters. The van der Waals surface area contributed by atoms with Crippen LogP contribution in [0.3, 0.4) is 0 Å². The number of aliphatic hydroxyl groups excluding tert-OH is 2. The van der Waals surface area contributed by atoms with Gasteiger partial charge in [0.2, 0.25) is 18.6 Å². The lowest BCUT2D eigenvalue weighted by Crippen LogP contribution is -2.59. The third kappa shape index (κ3) is 9.03. The van der Waals surface area contributed by atoms with E-state index in [1.54, 1.807) is 35.2 Å². The van der Waals surface area contributed by atoms with Crippen molar-refractivity contribution in [1.29, 1.82) is 0 Å². The van der Waals surface area contributed by atoms with Gasteiger partial charge in [-0.3, -0.25) is 24.2 Å². The average Bonchev–Trinajstić information content (AvgIpc) is 4.22. The third-order valence-electron chi connectivity index (χ3n) is 15.1. The number of hydrogen-bond donors (Lipinski definition) is 3. The molecular weight excluding hydrogens is 951 g/mol. The molecular formula is C60H57N5O10. The molecule has 7 atom stereocenters. The quantitative estimate of drug-likeness (QED) is 0.0849. The number of nitrogens with zero attached hydrogens (tertiary/aromatic N) is 4. The standard InChI is InChI=1S/C60H57N5O10/c1-39(42-14-5-2-6-15-42)61-59(71)64-48-26-20-40(13-11-12-32-66)35-47(48)60(58(64)70)51(56(68)63-30-28-62(29-31-63)37-41-21-27-49-50(36-41)74-38-73-49)53-57(69)75-54(44-18-9-4-10-19-44)52(43-16-7-3-8-17-43)65(53)55(60)45-22-24-46(25-23-45)72-34-33-67/h2-10,14-27,35-36,39,51-55,66-67H,12,28-34,37-38H2,1H3,(H,61,71)/t39-,51-,52-,53-,54+,55+,60-/m1/s1. The van der Waals surface area contributed by atoms with Crippen LogP contribution in [0.4, 0.5) is 10.5 Å². The van der Waals surface area contributed by atoms with Crippen molar-refractivity contribution in [2.45, 2.75) is 55.6 Å². The maximum Gasteiger partial charge on any atom is 0.329 e. The fraction of sp³-hybridized carbons (Fsp3) is 0.300. The van der Waals surface area contributed by atoms with Gasteiger partial charge in [-0.2, -0.15) is 0 Å². The summed E-state index contributed by atoms with van der Waals surface area (Å²) in [5, 5.41) is 22.5. The first kappa shape index (κ1) is 49.2. The van der Waals surface area contributed by atoms with Gasteiger partial charge in [-0.05, 0) is 82.8 Å². The summed E-state index contributed by atoms with van der Waals surface area (Å²) in [5.74, 6) is 4.74. The second-order valence-electron chi connectivity index (χ2n) is 19.4. The van der Waals surface area contributed by atoms with Crippen molar-refractivity contribution in [2.75, 3.05) is 57.7 Å². The van der Waals surface area contributed by atoms with E-state index in [9.17, 15) is 10.2 Å². The zero-order valence-corrected chi connectivity index (χ0v) is 41.4. The van der Waals surface area contributed by atoms with Gasteiger partial charge >= 0.3 is 12.0 Å². The maximum absolute atomic E-state index is 16.9. The Kier molecular flexibility index (Phi) is 13.8. The van der Waals surface area contributed by atoms with E-state index in [2.05, 4.69) is 22.1 Å². The van der Waals surface area contributed by atoms with Crippen molar-refractivity contribution in [3.63, 3.8) is 0 Å². The highest BCUT2D eigenvalue weighted by molar-refractivity contribution is 6.24. The molecule has 6 aromatic rings. The van der Waals surface area contributed by atoms with E-state index >= 15 is 19.2 Å². The molecule has 382 valence electrons. The first-order chi connectivity index (χ1) is 36.7. The molecule has 11 rings (SSSR count). The van der Waals surface area contributed by atoms with Crippen molar-refractivity contribution in [3.05, 3.63) is 191 Å². The highest BCUT2D eigenvalue weighted by Gasteiger charge is 2.76. The molecule has 5 aliphatic heterocycles. The predicted octanol–water partition coefficient (Wildman–Crippen LogP) is 7.00. The highest BCUT2D eigenvalue weighted by Crippen LogP contribution is 2.66. The fourth-order valence-electron chi connectivity index (χ4n) is 11.8. The van der Waals surface area contributed by atoms with Crippen LogP contribution in [-0.4, -0.2) is 108 Å². The number of esters is 1. The van der Waals surface area contributed by atoms with Crippen molar-refractivity contribution in [3.8, 4) is 29.1 Å². The SMILES string of the molecule is C[C@@H](NC(=O)N1C(=O)[C@@]2(c3cc(C#CCCO)ccc31)[C@H](c1ccc(OCCO)cc1)N1[C@H](c3ccccc3)[C@H](c3ccccc3)OC(=O)[C@H]1[C@@H]2C(=O)N1CCN(Cc2ccc3c(c2)OCO3)CC1)c1ccccc1. The smallest absolute Gasteiger partial charge is 0.329 e. The van der Waals surface area contributed by atoms with Crippen LogP contribution >= 0.6 is 0 Å². The van der Waals surface area contributed by atoms with E-state index in [1.165, 1.54) is 0 Å². The molecule has 15 nitrogen and oxygen atoms in total. The van der Waals surface area contributed by atoms with Gasteiger partial charge in [0.25, 0.3) is 0 Å². The molecule has 1 spiro atoms. The number of imide groups is 1. The van der Waals surface area contributed by atoms with Crippen LogP contribution in [0.1, 0.15) is 76.5 Å². The summed E-state index contributed by atoms with van der Waals surface area (Å²) in [5.41, 5.74) is 2.98. The Balaban J connectivity index is 1.11. The lowest BCUT2D eigenvalue weighted by atomic mass is 9.64. The molecule has 0 aliphatic carbocycles. The maximum atomic E-state index is 16.9. The van der Waals surface area contributed by atoms with E-state index in [-0.39, 0.29) is 51.8 Å². The molecule has 3 saturated heterocycles. The van der Waals surface area contributed by atoms with Crippen LogP contribution in [0.2, 0.25) is 0 Å². The Bertz CT molecular complexity index is 3140. The van der Waals surface area contributed by atoms with Gasteiger partial charge < -0.3 is 39.4 Å². The minimum atomic E-state index is -1.99. The van der Waals surface area contributed by atoms with E-state index < -0.39 is 65.4 Å². The lowest BCUT2D eigenvalue weighted by molar-refractivity contribution is -0.179. The highest BCUT2D eigenvalue weighted by atomic mass is 16.7. The number of amides is 4. The number of aliphatic hydroxyl groups is 2. The van der Waals surface area contributed by atoms with Gasteiger partial charge in [0.15, 0.2) is 11.5 Å². The Morgan fingerprint density at radius 3 is 2.16 bits per heavy atom. The largest absolute Gasteiger partial charge is 0.491 e. The number of ether oxygens (including phenoxy) is 4. The normalized spacial score (nSPS) is 23.2. The number of morpholine rings is 1. The topological polar surface area (TPSA) is 171 Å². The number of fused-ring (bicyclic) bond motifs is 4. The zero-order chi connectivity index (χ0) is 51.6. The zero-order valence-electron chi connectivity index (χ0n) is 41.4. The van der Waals surface area contributed by atoms with E-state index in [0.29, 0.717) is 59.1 Å². The van der Waals surface area contributed by atoms with Crippen molar-refractivity contribution in [1.82, 2.24) is 20.0 Å². The Hall–Kier alpha value is -8.00. The van der Waals surface area contributed by atoms with Crippen LogP contribution in [-0.2, 0) is 31.1 Å². The summed E-state index contributed by atoms with van der Waals surface area (Å²) in [6, 6.07) is 42.3. The summed E-state index contributed by atoms with van der Waals surface area (Å²) in [4.78, 5) is 71.4.